The topological polar surface area (TPSA) is 95.1 Å². The van der Waals surface area contributed by atoms with Crippen LogP contribution >= 0.6 is 11.8 Å². The van der Waals surface area contributed by atoms with Gasteiger partial charge in [-0.15, -0.1) is 10.2 Å². The van der Waals surface area contributed by atoms with Gasteiger partial charge in [0.25, 0.3) is 0 Å². The third kappa shape index (κ3) is 6.39. The molecule has 0 atom stereocenters. The first-order chi connectivity index (χ1) is 14.0. The standard InChI is InChI=1S/C21H31N5O2S/c1-15(2)16-9-11-18(12-10-16)28-13-19-24-25-21(26(19)22)29-14-20(27)23-17-7-5-3-4-6-8-17/h9-12,15,17H,3-8,13-14,22H2,1-2H3,(H,23,27). The van der Waals surface area contributed by atoms with Crippen LogP contribution in [0.25, 0.3) is 0 Å². The second-order valence-electron chi connectivity index (χ2n) is 7.83. The van der Waals surface area contributed by atoms with Gasteiger partial charge in [0.05, 0.1) is 5.75 Å². The maximum absolute atomic E-state index is 12.2. The predicted octanol–water partition coefficient (Wildman–Crippen LogP) is 3.63. The van der Waals surface area contributed by atoms with E-state index in [4.69, 9.17) is 10.6 Å². The van der Waals surface area contributed by atoms with Crippen LogP contribution in [0.4, 0.5) is 0 Å². The molecule has 29 heavy (non-hydrogen) atoms. The van der Waals surface area contributed by atoms with Crippen molar-refractivity contribution < 1.29 is 9.53 Å². The van der Waals surface area contributed by atoms with Gasteiger partial charge in [-0.25, -0.2) is 4.68 Å². The Kier molecular flexibility index (Phi) is 7.80. The average molecular weight is 418 g/mol. The van der Waals surface area contributed by atoms with E-state index < -0.39 is 0 Å². The molecule has 1 saturated carbocycles. The minimum Gasteiger partial charge on any atom is -0.486 e. The fraction of sp³-hybridized carbons (Fsp3) is 0.571. The van der Waals surface area contributed by atoms with Gasteiger partial charge in [0.2, 0.25) is 11.1 Å². The van der Waals surface area contributed by atoms with E-state index in [1.54, 1.807) is 0 Å². The number of carbonyl (C=O) groups excluding carboxylic acids is 1. The molecule has 1 aromatic carbocycles. The summed E-state index contributed by atoms with van der Waals surface area (Å²) >= 11 is 1.29. The van der Waals surface area contributed by atoms with Gasteiger partial charge in [0.1, 0.15) is 12.4 Å². The quantitative estimate of drug-likeness (QED) is 0.387. The zero-order chi connectivity index (χ0) is 20.6. The molecule has 1 heterocycles. The second-order valence-corrected chi connectivity index (χ2v) is 8.77. The van der Waals surface area contributed by atoms with Crippen molar-refractivity contribution in [2.45, 2.75) is 76.1 Å². The van der Waals surface area contributed by atoms with Crippen LogP contribution in [0.5, 0.6) is 5.75 Å². The average Bonchev–Trinajstić information content (AvgIpc) is 2.89. The van der Waals surface area contributed by atoms with E-state index in [-0.39, 0.29) is 18.3 Å². The Morgan fingerprint density at radius 1 is 1.21 bits per heavy atom. The summed E-state index contributed by atoms with van der Waals surface area (Å²) in [6, 6.07) is 8.30. The molecule has 0 spiro atoms. The Hall–Kier alpha value is -2.22. The number of carbonyl (C=O) groups is 1. The van der Waals surface area contributed by atoms with Crippen LogP contribution in [0.2, 0.25) is 0 Å². The van der Waals surface area contributed by atoms with Gasteiger partial charge in [0.15, 0.2) is 5.82 Å². The smallest absolute Gasteiger partial charge is 0.230 e. The number of nitrogens with two attached hydrogens (primary N) is 1. The summed E-state index contributed by atoms with van der Waals surface area (Å²) < 4.78 is 7.16. The summed E-state index contributed by atoms with van der Waals surface area (Å²) in [5, 5.41) is 11.8. The van der Waals surface area contributed by atoms with Gasteiger partial charge in [0, 0.05) is 6.04 Å². The number of hydrogen-bond donors (Lipinski definition) is 2. The molecule has 1 amide bonds. The first-order valence-electron chi connectivity index (χ1n) is 10.4. The Labute approximate surface area is 176 Å². The Morgan fingerprint density at radius 3 is 2.55 bits per heavy atom. The number of amides is 1. The molecule has 1 aromatic heterocycles. The van der Waals surface area contributed by atoms with Crippen molar-refractivity contribution in [1.29, 1.82) is 0 Å². The molecule has 0 radical (unpaired) electrons. The van der Waals surface area contributed by atoms with Crippen molar-refractivity contribution in [3.8, 4) is 5.75 Å². The highest BCUT2D eigenvalue weighted by atomic mass is 32.2. The van der Waals surface area contributed by atoms with Crippen LogP contribution in [0.3, 0.4) is 0 Å². The Morgan fingerprint density at radius 2 is 1.90 bits per heavy atom. The predicted molar refractivity (Wildman–Crippen MR) is 115 cm³/mol. The number of rotatable bonds is 8. The summed E-state index contributed by atoms with van der Waals surface area (Å²) in [7, 11) is 0. The molecule has 7 nitrogen and oxygen atoms in total. The van der Waals surface area contributed by atoms with E-state index in [1.165, 1.54) is 47.7 Å². The lowest BCUT2D eigenvalue weighted by Gasteiger charge is -2.15. The van der Waals surface area contributed by atoms with Crippen LogP contribution in [0.1, 0.15) is 69.7 Å². The normalized spacial score (nSPS) is 15.3. The number of hydrogen-bond acceptors (Lipinski definition) is 6. The van der Waals surface area contributed by atoms with Gasteiger partial charge in [-0.3, -0.25) is 4.79 Å². The Bertz CT molecular complexity index is 783. The first-order valence-corrected chi connectivity index (χ1v) is 11.4. The van der Waals surface area contributed by atoms with E-state index in [0.29, 0.717) is 22.9 Å². The maximum atomic E-state index is 12.2. The van der Waals surface area contributed by atoms with Crippen LogP contribution < -0.4 is 15.9 Å². The summed E-state index contributed by atoms with van der Waals surface area (Å²) in [5.74, 6) is 8.14. The number of thioether (sulfide) groups is 1. The van der Waals surface area contributed by atoms with Crippen molar-refractivity contribution in [3.05, 3.63) is 35.7 Å². The van der Waals surface area contributed by atoms with E-state index in [0.717, 1.165) is 18.6 Å². The monoisotopic (exact) mass is 417 g/mol. The molecule has 1 fully saturated rings. The molecule has 0 bridgehead atoms. The van der Waals surface area contributed by atoms with Crippen molar-refractivity contribution in [2.24, 2.45) is 0 Å². The van der Waals surface area contributed by atoms with E-state index in [1.807, 2.05) is 12.1 Å². The number of nitrogens with one attached hydrogen (secondary N) is 1. The minimum absolute atomic E-state index is 0.0212. The van der Waals surface area contributed by atoms with Gasteiger partial charge < -0.3 is 15.9 Å². The lowest BCUT2D eigenvalue weighted by molar-refractivity contribution is -0.119. The van der Waals surface area contributed by atoms with Crippen molar-refractivity contribution in [3.63, 3.8) is 0 Å². The van der Waals surface area contributed by atoms with Crippen LogP contribution in [-0.2, 0) is 11.4 Å². The molecule has 0 saturated heterocycles. The molecule has 8 heteroatoms. The lowest BCUT2D eigenvalue weighted by Crippen LogP contribution is -2.35. The molecular weight excluding hydrogens is 386 g/mol. The molecule has 3 rings (SSSR count). The van der Waals surface area contributed by atoms with Crippen LogP contribution in [0, 0.1) is 0 Å². The lowest BCUT2D eigenvalue weighted by atomic mass is 10.0. The summed E-state index contributed by atoms with van der Waals surface area (Å²) in [4.78, 5) is 12.2. The highest BCUT2D eigenvalue weighted by molar-refractivity contribution is 7.99. The minimum atomic E-state index is 0.0212. The van der Waals surface area contributed by atoms with Crippen LogP contribution in [0.15, 0.2) is 29.4 Å². The fourth-order valence-corrected chi connectivity index (χ4v) is 4.11. The molecule has 0 aliphatic heterocycles. The third-order valence-corrected chi connectivity index (χ3v) is 6.15. The first kappa shape index (κ1) is 21.5. The SMILES string of the molecule is CC(C)c1ccc(OCc2nnc(SCC(=O)NC3CCCCCC3)n2N)cc1. The molecule has 158 valence electrons. The summed E-state index contributed by atoms with van der Waals surface area (Å²) in [6.07, 6.45) is 7.07. The number of aromatic nitrogens is 3. The highest BCUT2D eigenvalue weighted by Crippen LogP contribution is 2.21. The molecule has 3 N–H and O–H groups in total. The van der Waals surface area contributed by atoms with E-state index in [2.05, 4.69) is 41.5 Å². The maximum Gasteiger partial charge on any atom is 0.230 e. The van der Waals surface area contributed by atoms with Crippen LogP contribution in [-0.4, -0.2) is 32.6 Å². The zero-order valence-electron chi connectivity index (χ0n) is 17.3. The Balaban J connectivity index is 1.46. The fourth-order valence-electron chi connectivity index (χ4n) is 3.42. The number of ether oxygens (including phenoxy) is 1. The second kappa shape index (κ2) is 10.5. The number of benzene rings is 1. The van der Waals surface area contributed by atoms with Gasteiger partial charge >= 0.3 is 0 Å². The van der Waals surface area contributed by atoms with Gasteiger partial charge in [-0.1, -0.05) is 63.4 Å². The van der Waals surface area contributed by atoms with Crippen molar-refractivity contribution >= 4 is 17.7 Å². The molecule has 2 aromatic rings. The largest absolute Gasteiger partial charge is 0.486 e. The zero-order valence-corrected chi connectivity index (χ0v) is 18.1. The van der Waals surface area contributed by atoms with E-state index >= 15 is 0 Å². The number of nitrogens with zero attached hydrogens (tertiary/aromatic N) is 3. The number of nitrogen functional groups attached to an aromatic ring is 1. The van der Waals surface area contributed by atoms with Crippen molar-refractivity contribution in [1.82, 2.24) is 20.2 Å². The summed E-state index contributed by atoms with van der Waals surface area (Å²) in [5.41, 5.74) is 1.26. The third-order valence-electron chi connectivity index (χ3n) is 5.20. The molecular formula is C21H31N5O2S. The molecule has 1 aliphatic carbocycles. The molecule has 0 unspecified atom stereocenters. The highest BCUT2D eigenvalue weighted by Gasteiger charge is 2.17. The molecule has 1 aliphatic rings. The van der Waals surface area contributed by atoms with E-state index in [9.17, 15) is 4.79 Å². The van der Waals surface area contributed by atoms with Gasteiger partial charge in [-0.2, -0.15) is 0 Å². The van der Waals surface area contributed by atoms with Crippen molar-refractivity contribution in [2.75, 3.05) is 11.6 Å². The summed E-state index contributed by atoms with van der Waals surface area (Å²) in [6.45, 7) is 4.53. The van der Waals surface area contributed by atoms with Gasteiger partial charge in [-0.05, 0) is 36.5 Å².